The minimum absolute atomic E-state index is 0.0612. The predicted molar refractivity (Wildman–Crippen MR) is 75.1 cm³/mol. The van der Waals surface area contributed by atoms with Gasteiger partial charge in [-0.05, 0) is 24.1 Å². The highest BCUT2D eigenvalue weighted by molar-refractivity contribution is 14.1. The summed E-state index contributed by atoms with van der Waals surface area (Å²) < 4.78 is 10.9. The average Bonchev–Trinajstić information content (AvgIpc) is 2.38. The van der Waals surface area contributed by atoms with Gasteiger partial charge >= 0.3 is 0 Å². The summed E-state index contributed by atoms with van der Waals surface area (Å²) in [6.07, 6.45) is 0.780. The van der Waals surface area contributed by atoms with E-state index < -0.39 is 0 Å². The van der Waals surface area contributed by atoms with Crippen LogP contribution in [0.3, 0.4) is 0 Å². The normalized spacial score (nSPS) is 9.82. The molecule has 1 N–H and O–H groups in total. The fourth-order valence-electron chi connectivity index (χ4n) is 1.43. The molecule has 94 valence electrons. The molecule has 0 aromatic heterocycles. The summed E-state index contributed by atoms with van der Waals surface area (Å²) in [5.41, 5.74) is 1.11. The summed E-state index contributed by atoms with van der Waals surface area (Å²) in [5.74, 6) is 1.49. The van der Waals surface area contributed by atoms with Crippen molar-refractivity contribution in [3.63, 3.8) is 0 Å². The molecular weight excluding hydrogens is 333 g/mol. The second-order valence-electron chi connectivity index (χ2n) is 3.42. The lowest BCUT2D eigenvalue weighted by Gasteiger charge is -2.09. The standard InChI is InChI=1S/C12H16INO3/c1-16-10-4-3-9(7-11(10)17-2)5-6-14-12(15)8-13/h3-4,7H,5-6,8H2,1-2H3,(H,14,15). The Morgan fingerprint density at radius 1 is 1.29 bits per heavy atom. The van der Waals surface area contributed by atoms with E-state index in [1.165, 1.54) is 0 Å². The van der Waals surface area contributed by atoms with Crippen LogP contribution < -0.4 is 14.8 Å². The van der Waals surface area contributed by atoms with Crippen molar-refractivity contribution in [3.05, 3.63) is 23.8 Å². The molecule has 0 aliphatic carbocycles. The Hall–Kier alpha value is -0.980. The zero-order valence-corrected chi connectivity index (χ0v) is 12.1. The van der Waals surface area contributed by atoms with Gasteiger partial charge in [-0.2, -0.15) is 0 Å². The number of alkyl halides is 1. The number of halogens is 1. The van der Waals surface area contributed by atoms with Crippen LogP contribution >= 0.6 is 22.6 Å². The highest BCUT2D eigenvalue weighted by Gasteiger charge is 2.04. The largest absolute Gasteiger partial charge is 0.493 e. The van der Waals surface area contributed by atoms with Gasteiger partial charge in [-0.25, -0.2) is 0 Å². The second kappa shape index (κ2) is 7.37. The van der Waals surface area contributed by atoms with Crippen LogP contribution in [0.15, 0.2) is 18.2 Å². The van der Waals surface area contributed by atoms with Crippen LogP contribution in [0, 0.1) is 0 Å². The molecular formula is C12H16INO3. The zero-order chi connectivity index (χ0) is 12.7. The molecule has 0 heterocycles. The van der Waals surface area contributed by atoms with Crippen LogP contribution in [0.2, 0.25) is 0 Å². The molecule has 1 amide bonds. The first-order chi connectivity index (χ1) is 8.21. The molecule has 0 spiro atoms. The van der Waals surface area contributed by atoms with Gasteiger partial charge in [0.05, 0.1) is 18.6 Å². The van der Waals surface area contributed by atoms with E-state index in [9.17, 15) is 4.79 Å². The Bertz CT molecular complexity index is 382. The van der Waals surface area contributed by atoms with Crippen molar-refractivity contribution < 1.29 is 14.3 Å². The van der Waals surface area contributed by atoms with Gasteiger partial charge in [0, 0.05) is 6.54 Å². The number of ether oxygens (including phenoxy) is 2. The van der Waals surface area contributed by atoms with Crippen molar-refractivity contribution in [1.29, 1.82) is 0 Å². The lowest BCUT2D eigenvalue weighted by Crippen LogP contribution is -2.26. The van der Waals surface area contributed by atoms with Gasteiger partial charge in [-0.3, -0.25) is 4.79 Å². The Balaban J connectivity index is 2.57. The minimum atomic E-state index is 0.0612. The first-order valence-electron chi connectivity index (χ1n) is 5.24. The number of carbonyl (C=O) groups is 1. The molecule has 1 aromatic rings. The molecule has 1 aromatic carbocycles. The van der Waals surface area contributed by atoms with E-state index in [0.29, 0.717) is 22.5 Å². The molecule has 0 aliphatic heterocycles. The van der Waals surface area contributed by atoms with Crippen molar-refractivity contribution >= 4 is 28.5 Å². The minimum Gasteiger partial charge on any atom is -0.493 e. The van der Waals surface area contributed by atoms with Crippen molar-refractivity contribution in [1.82, 2.24) is 5.32 Å². The predicted octanol–water partition coefficient (Wildman–Crippen LogP) is 1.80. The van der Waals surface area contributed by atoms with Gasteiger partial charge in [0.1, 0.15) is 0 Å². The maximum absolute atomic E-state index is 11.1. The fourth-order valence-corrected chi connectivity index (χ4v) is 1.70. The van der Waals surface area contributed by atoms with Crippen LogP contribution in [0.4, 0.5) is 0 Å². The van der Waals surface area contributed by atoms with Crippen molar-refractivity contribution in [2.45, 2.75) is 6.42 Å². The quantitative estimate of drug-likeness (QED) is 0.629. The number of hydrogen-bond donors (Lipinski definition) is 1. The summed E-state index contributed by atoms with van der Waals surface area (Å²) in [6.45, 7) is 0.636. The summed E-state index contributed by atoms with van der Waals surface area (Å²) in [4.78, 5) is 11.1. The second-order valence-corrected chi connectivity index (χ2v) is 4.19. The molecule has 5 heteroatoms. The third-order valence-electron chi connectivity index (χ3n) is 2.31. The first-order valence-corrected chi connectivity index (χ1v) is 6.77. The number of benzene rings is 1. The monoisotopic (exact) mass is 349 g/mol. The highest BCUT2D eigenvalue weighted by atomic mass is 127. The molecule has 0 saturated carbocycles. The molecule has 0 unspecified atom stereocenters. The number of amides is 1. The number of carbonyl (C=O) groups excluding carboxylic acids is 1. The smallest absolute Gasteiger partial charge is 0.229 e. The van der Waals surface area contributed by atoms with Crippen molar-refractivity contribution in [2.24, 2.45) is 0 Å². The molecule has 17 heavy (non-hydrogen) atoms. The third-order valence-corrected chi connectivity index (χ3v) is 3.00. The summed E-state index contributed by atoms with van der Waals surface area (Å²) in [7, 11) is 3.22. The lowest BCUT2D eigenvalue weighted by molar-refractivity contribution is -0.118. The molecule has 1 rings (SSSR count). The molecule has 0 aliphatic rings. The van der Waals surface area contributed by atoms with Crippen molar-refractivity contribution in [2.75, 3.05) is 25.2 Å². The summed E-state index contributed by atoms with van der Waals surface area (Å²) in [5, 5.41) is 2.83. The molecule has 0 fully saturated rings. The topological polar surface area (TPSA) is 47.6 Å². The van der Waals surface area contributed by atoms with Crippen LogP contribution in [0.25, 0.3) is 0 Å². The lowest BCUT2D eigenvalue weighted by atomic mass is 10.1. The third kappa shape index (κ3) is 4.41. The molecule has 0 atom stereocenters. The van der Waals surface area contributed by atoms with Crippen LogP contribution in [0.5, 0.6) is 11.5 Å². The maximum atomic E-state index is 11.1. The van der Waals surface area contributed by atoms with Crippen molar-refractivity contribution in [3.8, 4) is 11.5 Å². The van der Waals surface area contributed by atoms with Gasteiger partial charge in [-0.15, -0.1) is 0 Å². The maximum Gasteiger partial charge on any atom is 0.229 e. The Labute approximate surface area is 115 Å². The molecule has 4 nitrogen and oxygen atoms in total. The number of nitrogens with one attached hydrogen (secondary N) is 1. The number of methoxy groups -OCH3 is 2. The first kappa shape index (κ1) is 14.1. The highest BCUT2D eigenvalue weighted by Crippen LogP contribution is 2.27. The SMILES string of the molecule is COc1ccc(CCNC(=O)CI)cc1OC. The van der Waals surface area contributed by atoms with E-state index in [4.69, 9.17) is 9.47 Å². The molecule has 0 saturated heterocycles. The average molecular weight is 349 g/mol. The van der Waals surface area contributed by atoms with E-state index in [1.54, 1.807) is 14.2 Å². The van der Waals surface area contributed by atoms with Gasteiger partial charge in [0.15, 0.2) is 11.5 Å². The Kier molecular flexibility index (Phi) is 6.10. The number of rotatable bonds is 6. The summed E-state index contributed by atoms with van der Waals surface area (Å²) >= 11 is 2.04. The molecule has 0 bridgehead atoms. The van der Waals surface area contributed by atoms with E-state index in [2.05, 4.69) is 5.32 Å². The van der Waals surface area contributed by atoms with Gasteiger partial charge in [0.2, 0.25) is 5.91 Å². The zero-order valence-electron chi connectivity index (χ0n) is 9.96. The van der Waals surface area contributed by atoms with Gasteiger partial charge < -0.3 is 14.8 Å². The van der Waals surface area contributed by atoms with Crippen LogP contribution in [0.1, 0.15) is 5.56 Å². The van der Waals surface area contributed by atoms with E-state index in [1.807, 2.05) is 40.8 Å². The van der Waals surface area contributed by atoms with Gasteiger partial charge in [-0.1, -0.05) is 28.7 Å². The van der Waals surface area contributed by atoms with E-state index in [0.717, 1.165) is 12.0 Å². The Morgan fingerprint density at radius 3 is 2.59 bits per heavy atom. The van der Waals surface area contributed by atoms with E-state index >= 15 is 0 Å². The van der Waals surface area contributed by atoms with Crippen LogP contribution in [-0.4, -0.2) is 31.1 Å². The molecule has 0 radical (unpaired) electrons. The van der Waals surface area contributed by atoms with Crippen LogP contribution in [-0.2, 0) is 11.2 Å². The Morgan fingerprint density at radius 2 is 2.00 bits per heavy atom. The number of hydrogen-bond acceptors (Lipinski definition) is 3. The fraction of sp³-hybridized carbons (Fsp3) is 0.417. The van der Waals surface area contributed by atoms with E-state index in [-0.39, 0.29) is 5.91 Å². The summed E-state index contributed by atoms with van der Waals surface area (Å²) in [6, 6.07) is 5.76. The van der Waals surface area contributed by atoms with Gasteiger partial charge in [0.25, 0.3) is 0 Å².